The van der Waals surface area contributed by atoms with Crippen LogP contribution < -0.4 is 4.74 Å². The van der Waals surface area contributed by atoms with Crippen LogP contribution in [0, 0.1) is 0 Å². The summed E-state index contributed by atoms with van der Waals surface area (Å²) in [6.45, 7) is 19.9. The van der Waals surface area contributed by atoms with Crippen LogP contribution in [0.25, 0.3) is 32.8 Å². The summed E-state index contributed by atoms with van der Waals surface area (Å²) in [5.74, 6) is 0.401. The molecule has 57 heavy (non-hydrogen) atoms. The van der Waals surface area contributed by atoms with Crippen LogP contribution in [-0.4, -0.2) is 77.1 Å². The quantitative estimate of drug-likeness (QED) is 0.0596. The van der Waals surface area contributed by atoms with E-state index in [-0.39, 0.29) is 24.9 Å². The predicted octanol–water partition coefficient (Wildman–Crippen LogP) is 9.65. The third kappa shape index (κ3) is 9.91. The van der Waals surface area contributed by atoms with Crippen molar-refractivity contribution in [2.75, 3.05) is 26.8 Å². The first-order valence-electron chi connectivity index (χ1n) is 20.0. The molecule has 308 valence electrons. The van der Waals surface area contributed by atoms with Crippen molar-refractivity contribution < 1.29 is 33.3 Å². The van der Waals surface area contributed by atoms with Crippen LogP contribution in [0.15, 0.2) is 60.7 Å². The molecule has 0 aliphatic carbocycles. The Labute approximate surface area is 339 Å². The molecule has 0 atom stereocenters. The average molecular weight is 799 g/mol. The maximum absolute atomic E-state index is 14.1. The van der Waals surface area contributed by atoms with Gasteiger partial charge in [0.25, 0.3) is 0 Å². The molecule has 0 aliphatic rings. The second-order valence-electron chi connectivity index (χ2n) is 17.2. The van der Waals surface area contributed by atoms with Gasteiger partial charge in [0.2, 0.25) is 0 Å². The molecule has 3 aromatic carbocycles. The Bertz CT molecular complexity index is 2190. The summed E-state index contributed by atoms with van der Waals surface area (Å²) in [5.41, 5.74) is 4.54. The molecule has 0 aliphatic heterocycles. The van der Waals surface area contributed by atoms with Crippen LogP contribution in [0.1, 0.15) is 88.7 Å². The molecule has 0 spiro atoms. The van der Waals surface area contributed by atoms with E-state index in [4.69, 9.17) is 23.7 Å². The molecule has 1 amide bonds. The SMILES string of the molecule is CCOC(=O)c1c(CCCOc2cccc3ccccc23)c2cccc(-c3c(CO[Si](C)(C)C(C)(C)C)nn(C)c3CO)c2n1CCCN(C)C(=O)OC(C)(C)C. The van der Waals surface area contributed by atoms with Crippen LogP contribution in [0.3, 0.4) is 0 Å². The summed E-state index contributed by atoms with van der Waals surface area (Å²) < 4.78 is 28.2. The highest BCUT2D eigenvalue weighted by molar-refractivity contribution is 6.74. The van der Waals surface area contributed by atoms with Crippen LogP contribution >= 0.6 is 0 Å². The molecular formula is C45H62N4O7Si. The minimum Gasteiger partial charge on any atom is -0.493 e. The number of para-hydroxylation sites is 1. The molecule has 0 fully saturated rings. The van der Waals surface area contributed by atoms with Gasteiger partial charge in [-0.25, -0.2) is 9.59 Å². The van der Waals surface area contributed by atoms with Gasteiger partial charge in [0, 0.05) is 49.1 Å². The number of nitrogens with zero attached hydrogens (tertiary/aromatic N) is 4. The zero-order valence-electron chi connectivity index (χ0n) is 35.8. The van der Waals surface area contributed by atoms with Gasteiger partial charge in [0.15, 0.2) is 8.32 Å². The number of aryl methyl sites for hydroxylation is 3. The fraction of sp³-hybridized carbons (Fsp3) is 0.489. The van der Waals surface area contributed by atoms with E-state index in [2.05, 4.69) is 52.1 Å². The van der Waals surface area contributed by atoms with E-state index >= 15 is 0 Å². The fourth-order valence-corrected chi connectivity index (χ4v) is 7.85. The van der Waals surface area contributed by atoms with Gasteiger partial charge in [-0.1, -0.05) is 75.4 Å². The number of hydrogen-bond donors (Lipinski definition) is 1. The van der Waals surface area contributed by atoms with E-state index in [1.807, 2.05) is 81.8 Å². The first-order valence-corrected chi connectivity index (χ1v) is 22.9. The number of fused-ring (bicyclic) bond motifs is 2. The van der Waals surface area contributed by atoms with E-state index in [1.54, 1.807) is 16.6 Å². The van der Waals surface area contributed by atoms with Crippen LogP contribution in [0.5, 0.6) is 5.75 Å². The molecule has 0 bridgehead atoms. The highest BCUT2D eigenvalue weighted by atomic mass is 28.4. The van der Waals surface area contributed by atoms with Crippen molar-refractivity contribution in [3.63, 3.8) is 0 Å². The van der Waals surface area contributed by atoms with Crippen molar-refractivity contribution in [1.29, 1.82) is 0 Å². The number of carbonyl (C=O) groups excluding carboxylic acids is 2. The lowest BCUT2D eigenvalue weighted by atomic mass is 9.98. The zero-order valence-corrected chi connectivity index (χ0v) is 36.8. The Hall–Kier alpha value is -4.65. The number of benzene rings is 3. The minimum absolute atomic E-state index is 0.0102. The van der Waals surface area contributed by atoms with Gasteiger partial charge < -0.3 is 33.2 Å². The van der Waals surface area contributed by atoms with Crippen molar-refractivity contribution in [2.45, 2.75) is 111 Å². The number of amides is 1. The summed E-state index contributed by atoms with van der Waals surface area (Å²) in [4.78, 5) is 28.6. The molecule has 5 rings (SSSR count). The Morgan fingerprint density at radius 3 is 2.30 bits per heavy atom. The molecule has 1 N–H and O–H groups in total. The summed E-state index contributed by atoms with van der Waals surface area (Å²) >= 11 is 0. The van der Waals surface area contributed by atoms with Gasteiger partial charge in [-0.05, 0) is 82.1 Å². The molecule has 2 aromatic heterocycles. The fourth-order valence-electron chi connectivity index (χ4n) is 6.92. The molecule has 2 heterocycles. The Morgan fingerprint density at radius 2 is 1.61 bits per heavy atom. The normalized spacial score (nSPS) is 12.4. The van der Waals surface area contributed by atoms with Gasteiger partial charge in [0.1, 0.15) is 17.0 Å². The van der Waals surface area contributed by atoms with Gasteiger partial charge in [-0.2, -0.15) is 5.10 Å². The van der Waals surface area contributed by atoms with E-state index < -0.39 is 26.0 Å². The lowest BCUT2D eigenvalue weighted by molar-refractivity contribution is 0.0294. The van der Waals surface area contributed by atoms with Crippen molar-refractivity contribution >= 4 is 42.1 Å². The van der Waals surface area contributed by atoms with E-state index in [0.29, 0.717) is 50.3 Å². The highest BCUT2D eigenvalue weighted by Crippen LogP contribution is 2.41. The number of rotatable bonds is 16. The molecule has 5 aromatic rings. The third-order valence-corrected chi connectivity index (χ3v) is 15.3. The van der Waals surface area contributed by atoms with Crippen LogP contribution in [0.2, 0.25) is 18.1 Å². The standard InChI is InChI=1S/C45H62N4O7Si/c1-12-53-42(51)41-34(24-17-28-54-38-25-15-20-31-19-13-14-21-32(31)38)33-22-16-23-35(40(33)49(41)27-18-26-47(8)43(52)56-44(2,3)4)39-36(46-48(9)37(39)29-50)30-55-57(10,11)45(5,6)7/h13-16,19-23,25,50H,12,17-18,24,26-30H2,1-11H3. The van der Waals surface area contributed by atoms with Gasteiger partial charge in [0.05, 0.1) is 43.3 Å². The average Bonchev–Trinajstić information content (AvgIpc) is 3.64. The lowest BCUT2D eigenvalue weighted by Gasteiger charge is -2.36. The largest absolute Gasteiger partial charge is 0.493 e. The van der Waals surface area contributed by atoms with Gasteiger partial charge in [-0.15, -0.1) is 0 Å². The van der Waals surface area contributed by atoms with Gasteiger partial charge >= 0.3 is 12.1 Å². The molecule has 0 saturated heterocycles. The zero-order chi connectivity index (χ0) is 41.7. The summed E-state index contributed by atoms with van der Waals surface area (Å²) in [5, 5.41) is 18.7. The molecular weight excluding hydrogens is 737 g/mol. The monoisotopic (exact) mass is 798 g/mol. The first-order chi connectivity index (χ1) is 26.9. The second-order valence-corrected chi connectivity index (χ2v) is 22.0. The summed E-state index contributed by atoms with van der Waals surface area (Å²) in [7, 11) is 1.39. The third-order valence-electron chi connectivity index (χ3n) is 10.8. The molecule has 11 nitrogen and oxygen atoms in total. The number of carbonyl (C=O) groups is 2. The minimum atomic E-state index is -2.17. The lowest BCUT2D eigenvalue weighted by Crippen LogP contribution is -2.40. The number of esters is 1. The molecule has 0 radical (unpaired) electrons. The van der Waals surface area contributed by atoms with Crippen molar-refractivity contribution in [1.82, 2.24) is 19.2 Å². The maximum atomic E-state index is 14.1. The summed E-state index contributed by atoms with van der Waals surface area (Å²) in [6, 6.07) is 20.3. The number of hydrogen-bond acceptors (Lipinski definition) is 8. The van der Waals surface area contributed by atoms with E-state index in [1.165, 1.54) is 0 Å². The number of ether oxygens (including phenoxy) is 3. The Kier molecular flexibility index (Phi) is 13.6. The Balaban J connectivity index is 1.61. The molecule has 0 saturated carbocycles. The molecule has 12 heteroatoms. The van der Waals surface area contributed by atoms with Gasteiger partial charge in [-0.3, -0.25) is 4.68 Å². The number of aliphatic hydroxyl groups is 1. The van der Waals surface area contributed by atoms with E-state index in [9.17, 15) is 14.7 Å². The topological polar surface area (TPSA) is 117 Å². The number of aromatic nitrogens is 3. The smallest absolute Gasteiger partial charge is 0.410 e. The first kappa shape index (κ1) is 43.5. The van der Waals surface area contributed by atoms with Crippen molar-refractivity contribution in [3.05, 3.63) is 83.3 Å². The Morgan fingerprint density at radius 1 is 0.930 bits per heavy atom. The van der Waals surface area contributed by atoms with E-state index in [0.717, 1.165) is 49.8 Å². The van der Waals surface area contributed by atoms with Crippen LogP contribution in [0.4, 0.5) is 4.79 Å². The number of aliphatic hydroxyl groups excluding tert-OH is 1. The highest BCUT2D eigenvalue weighted by Gasteiger charge is 2.38. The second kappa shape index (κ2) is 17.9. The van der Waals surface area contributed by atoms with Crippen molar-refractivity contribution in [3.8, 4) is 16.9 Å². The maximum Gasteiger partial charge on any atom is 0.410 e. The summed E-state index contributed by atoms with van der Waals surface area (Å²) in [6.07, 6.45) is 1.31. The predicted molar refractivity (Wildman–Crippen MR) is 229 cm³/mol. The van der Waals surface area contributed by atoms with Crippen LogP contribution in [-0.2, 0) is 47.1 Å². The van der Waals surface area contributed by atoms with Crippen molar-refractivity contribution in [2.24, 2.45) is 7.05 Å². The molecule has 0 unspecified atom stereocenters.